The van der Waals surface area contributed by atoms with Crippen molar-refractivity contribution < 1.29 is 0 Å². The van der Waals surface area contributed by atoms with E-state index in [-0.39, 0.29) is 5.56 Å². The van der Waals surface area contributed by atoms with E-state index in [1.807, 2.05) is 0 Å². The van der Waals surface area contributed by atoms with Gasteiger partial charge in [-0.05, 0) is 28.7 Å². The average Bonchev–Trinajstić information content (AvgIpc) is 2.41. The number of pyridine rings is 1. The summed E-state index contributed by atoms with van der Waals surface area (Å²) in [4.78, 5) is 11.2. The van der Waals surface area contributed by atoms with Crippen molar-refractivity contribution in [3.05, 3.63) is 26.2 Å². The van der Waals surface area contributed by atoms with Gasteiger partial charge in [-0.2, -0.15) is 5.10 Å². The summed E-state index contributed by atoms with van der Waals surface area (Å²) in [5.41, 5.74) is 1.67. The highest BCUT2D eigenvalue weighted by Gasteiger charge is 2.05. The van der Waals surface area contributed by atoms with Crippen molar-refractivity contribution in [1.82, 2.24) is 14.8 Å². The number of fused-ring (bicyclic) bond motifs is 1. The van der Waals surface area contributed by atoms with Gasteiger partial charge in [0.2, 0.25) is 0 Å². The van der Waals surface area contributed by atoms with E-state index < -0.39 is 0 Å². The number of aryl methyl sites for hydroxylation is 1. The Bertz CT molecular complexity index is 485. The van der Waals surface area contributed by atoms with E-state index in [2.05, 4.69) is 32.8 Å². The lowest BCUT2D eigenvalue weighted by Gasteiger charge is -1.96. The molecule has 0 fully saturated rings. The van der Waals surface area contributed by atoms with Crippen LogP contribution in [-0.2, 0) is 7.05 Å². The largest absolute Gasteiger partial charge is 0.308 e. The molecule has 0 aromatic carbocycles. The van der Waals surface area contributed by atoms with Crippen LogP contribution in [0.1, 0.15) is 0 Å². The lowest BCUT2D eigenvalue weighted by Crippen LogP contribution is -2.14. The number of nitrogens with one attached hydrogen (secondary N) is 1. The van der Waals surface area contributed by atoms with Crippen LogP contribution in [0, 0.1) is 3.70 Å². The molecule has 5 heteroatoms. The van der Waals surface area contributed by atoms with Gasteiger partial charge < -0.3 is 4.57 Å². The molecule has 0 unspecified atom stereocenters. The minimum atomic E-state index is -0.0122. The second-order valence-electron chi connectivity index (χ2n) is 2.50. The normalized spacial score (nSPS) is 10.8. The number of aromatic nitrogens is 3. The molecule has 4 nitrogen and oxygen atoms in total. The van der Waals surface area contributed by atoms with Crippen LogP contribution in [0.15, 0.2) is 16.9 Å². The van der Waals surface area contributed by atoms with Crippen molar-refractivity contribution in [2.75, 3.05) is 0 Å². The Kier molecular flexibility index (Phi) is 1.67. The summed E-state index contributed by atoms with van der Waals surface area (Å²) in [5.74, 6) is 0. The van der Waals surface area contributed by atoms with Crippen molar-refractivity contribution in [3.63, 3.8) is 0 Å². The van der Waals surface area contributed by atoms with Crippen molar-refractivity contribution in [2.24, 2.45) is 7.05 Å². The molecule has 2 aromatic rings. The molecule has 0 aliphatic rings. The van der Waals surface area contributed by atoms with Crippen LogP contribution in [0.5, 0.6) is 0 Å². The smallest absolute Gasteiger partial charge is 0.250 e. The van der Waals surface area contributed by atoms with Gasteiger partial charge in [-0.25, -0.2) is 0 Å². The van der Waals surface area contributed by atoms with Crippen LogP contribution in [0.4, 0.5) is 0 Å². The summed E-state index contributed by atoms with van der Waals surface area (Å²) in [7, 11) is 1.74. The zero-order chi connectivity index (χ0) is 8.72. The van der Waals surface area contributed by atoms with Crippen LogP contribution in [0.3, 0.4) is 0 Å². The number of halogens is 1. The van der Waals surface area contributed by atoms with Gasteiger partial charge in [0.1, 0.15) is 14.7 Å². The molecular formula is C7H6IN3O. The second kappa shape index (κ2) is 2.58. The maximum atomic E-state index is 11.2. The van der Waals surface area contributed by atoms with E-state index >= 15 is 0 Å². The maximum Gasteiger partial charge on any atom is 0.250 e. The fourth-order valence-electron chi connectivity index (χ4n) is 1.14. The van der Waals surface area contributed by atoms with Gasteiger partial charge in [-0.1, -0.05) is 0 Å². The van der Waals surface area contributed by atoms with Gasteiger partial charge in [-0.3, -0.25) is 9.89 Å². The number of nitrogens with zero attached hydrogens (tertiary/aromatic N) is 2. The van der Waals surface area contributed by atoms with Crippen LogP contribution >= 0.6 is 22.6 Å². The monoisotopic (exact) mass is 275 g/mol. The first-order chi connectivity index (χ1) is 5.70. The Morgan fingerprint density at radius 3 is 3.08 bits per heavy atom. The Balaban J connectivity index is 3.06. The second-order valence-corrected chi connectivity index (χ2v) is 3.58. The van der Waals surface area contributed by atoms with Gasteiger partial charge in [0.25, 0.3) is 5.56 Å². The third kappa shape index (κ3) is 0.961. The minimum absolute atomic E-state index is 0.0122. The average molecular weight is 275 g/mol. The van der Waals surface area contributed by atoms with Crippen molar-refractivity contribution in [2.45, 2.75) is 0 Å². The van der Waals surface area contributed by atoms with Gasteiger partial charge in [0, 0.05) is 13.1 Å². The Morgan fingerprint density at radius 2 is 2.33 bits per heavy atom. The fourth-order valence-corrected chi connectivity index (χ4v) is 1.89. The standard InChI is InChI=1S/C7H6IN3O/c1-11-5(12)3-2-4-6(11)7(8)10-9-4/h2-3H,1H3,(H,9,10). The molecule has 0 radical (unpaired) electrons. The molecular weight excluding hydrogens is 269 g/mol. The molecule has 0 saturated heterocycles. The van der Waals surface area contributed by atoms with E-state index in [1.165, 1.54) is 6.07 Å². The van der Waals surface area contributed by atoms with E-state index in [0.717, 1.165) is 14.7 Å². The predicted octanol–water partition coefficient (Wildman–Crippen LogP) is 0.866. The van der Waals surface area contributed by atoms with Gasteiger partial charge in [0.05, 0.1) is 0 Å². The molecule has 0 spiro atoms. The number of rotatable bonds is 0. The molecule has 1 N–H and O–H groups in total. The Morgan fingerprint density at radius 1 is 1.58 bits per heavy atom. The summed E-state index contributed by atoms with van der Waals surface area (Å²) in [5, 5.41) is 6.85. The number of hydrogen-bond acceptors (Lipinski definition) is 2. The summed E-state index contributed by atoms with van der Waals surface area (Å²) in [6.45, 7) is 0. The van der Waals surface area contributed by atoms with Gasteiger partial charge in [-0.15, -0.1) is 0 Å². The first-order valence-electron chi connectivity index (χ1n) is 3.40. The predicted molar refractivity (Wildman–Crippen MR) is 54.1 cm³/mol. The number of aromatic amines is 1. The highest BCUT2D eigenvalue weighted by Crippen LogP contribution is 2.13. The summed E-state index contributed by atoms with van der Waals surface area (Å²) in [6.07, 6.45) is 0. The first-order valence-corrected chi connectivity index (χ1v) is 4.47. The quantitative estimate of drug-likeness (QED) is 0.725. The van der Waals surface area contributed by atoms with Crippen molar-refractivity contribution >= 4 is 33.6 Å². The highest BCUT2D eigenvalue weighted by atomic mass is 127. The molecule has 0 aliphatic heterocycles. The molecule has 0 saturated carbocycles. The van der Waals surface area contributed by atoms with Crippen LogP contribution in [0.25, 0.3) is 11.0 Å². The third-order valence-electron chi connectivity index (χ3n) is 1.77. The molecule has 2 aromatic heterocycles. The fraction of sp³-hybridized carbons (Fsp3) is 0.143. The summed E-state index contributed by atoms with van der Waals surface area (Å²) in [6, 6.07) is 3.23. The third-order valence-corrected chi connectivity index (χ3v) is 2.53. The van der Waals surface area contributed by atoms with E-state index in [0.29, 0.717) is 0 Å². The molecule has 0 bridgehead atoms. The van der Waals surface area contributed by atoms with E-state index in [1.54, 1.807) is 17.7 Å². The number of H-pyrrole nitrogens is 1. The molecule has 2 heterocycles. The lowest BCUT2D eigenvalue weighted by atomic mass is 10.4. The van der Waals surface area contributed by atoms with Crippen LogP contribution < -0.4 is 5.56 Å². The van der Waals surface area contributed by atoms with Crippen LogP contribution in [-0.4, -0.2) is 14.8 Å². The lowest BCUT2D eigenvalue weighted by molar-refractivity contribution is 0.904. The minimum Gasteiger partial charge on any atom is -0.308 e. The molecule has 0 atom stereocenters. The first kappa shape index (κ1) is 7.78. The van der Waals surface area contributed by atoms with E-state index in [9.17, 15) is 4.79 Å². The van der Waals surface area contributed by atoms with Gasteiger partial charge >= 0.3 is 0 Å². The van der Waals surface area contributed by atoms with E-state index in [4.69, 9.17) is 0 Å². The molecule has 12 heavy (non-hydrogen) atoms. The highest BCUT2D eigenvalue weighted by molar-refractivity contribution is 14.1. The van der Waals surface area contributed by atoms with Crippen molar-refractivity contribution in [3.8, 4) is 0 Å². The Hall–Kier alpha value is -0.850. The topological polar surface area (TPSA) is 50.7 Å². The summed E-state index contributed by atoms with van der Waals surface area (Å²) >= 11 is 2.12. The van der Waals surface area contributed by atoms with Gasteiger partial charge in [0.15, 0.2) is 0 Å². The molecule has 2 rings (SSSR count). The maximum absolute atomic E-state index is 11.2. The number of hydrogen-bond donors (Lipinski definition) is 1. The molecule has 0 amide bonds. The Labute approximate surface area is 81.7 Å². The van der Waals surface area contributed by atoms with Crippen LogP contribution in [0.2, 0.25) is 0 Å². The molecule has 62 valence electrons. The zero-order valence-corrected chi connectivity index (χ0v) is 8.49. The summed E-state index contributed by atoms with van der Waals surface area (Å²) < 4.78 is 2.48. The van der Waals surface area contributed by atoms with Crippen molar-refractivity contribution in [1.29, 1.82) is 0 Å². The molecule has 0 aliphatic carbocycles. The SMILES string of the molecule is Cn1c(=O)ccc2n[nH]c(I)c21. The zero-order valence-electron chi connectivity index (χ0n) is 6.34.